The number of rotatable bonds is 6. The van der Waals surface area contributed by atoms with E-state index in [2.05, 4.69) is 21.9 Å². The Bertz CT molecular complexity index is 1130. The molecule has 2 aromatic rings. The van der Waals surface area contributed by atoms with E-state index in [9.17, 15) is 18.5 Å². The maximum absolute atomic E-state index is 13.1. The highest BCUT2D eigenvalue weighted by Gasteiger charge is 2.34. The van der Waals surface area contributed by atoms with E-state index in [1.54, 1.807) is 12.1 Å². The summed E-state index contributed by atoms with van der Waals surface area (Å²) in [7, 11) is -3.74. The van der Waals surface area contributed by atoms with Crippen LogP contribution in [0.3, 0.4) is 0 Å². The number of carbonyl (C=O) groups excluding carboxylic acids is 1. The lowest BCUT2D eigenvalue weighted by Gasteiger charge is -2.40. The number of benzene rings is 2. The highest BCUT2D eigenvalue weighted by atomic mass is 32.2. The smallest absolute Gasteiger partial charge is 0.244 e. The minimum Gasteiger partial charge on any atom is -0.339 e. The molecule has 1 atom stereocenters. The van der Waals surface area contributed by atoms with E-state index in [0.717, 1.165) is 19.6 Å². The van der Waals surface area contributed by atoms with Crippen molar-refractivity contribution >= 4 is 15.9 Å². The number of piperazine rings is 2. The second-order valence-corrected chi connectivity index (χ2v) is 10.7. The van der Waals surface area contributed by atoms with Gasteiger partial charge in [-0.25, -0.2) is 8.42 Å². The average molecular weight is 482 g/mol. The number of carbonyl (C=O) groups is 1. The van der Waals surface area contributed by atoms with E-state index in [4.69, 9.17) is 0 Å². The second-order valence-electron chi connectivity index (χ2n) is 8.81. The molecular formula is C25H31N5O3S. The van der Waals surface area contributed by atoms with E-state index in [0.29, 0.717) is 39.3 Å². The molecule has 0 saturated carbocycles. The molecule has 0 radical (unpaired) electrons. The number of amides is 1. The molecule has 1 amide bonds. The Labute approximate surface area is 202 Å². The summed E-state index contributed by atoms with van der Waals surface area (Å²) in [5.41, 5.74) is 1.43. The van der Waals surface area contributed by atoms with Gasteiger partial charge in [-0.3, -0.25) is 14.6 Å². The van der Waals surface area contributed by atoms with Crippen LogP contribution < -0.4 is 0 Å². The van der Waals surface area contributed by atoms with Gasteiger partial charge in [-0.15, -0.1) is 0 Å². The molecule has 8 nitrogen and oxygen atoms in total. The van der Waals surface area contributed by atoms with Crippen LogP contribution in [0.2, 0.25) is 0 Å². The largest absolute Gasteiger partial charge is 0.339 e. The van der Waals surface area contributed by atoms with Crippen LogP contribution in [0.15, 0.2) is 59.5 Å². The summed E-state index contributed by atoms with van der Waals surface area (Å²) < 4.78 is 27.5. The monoisotopic (exact) mass is 481 g/mol. The Hall–Kier alpha value is -2.77. The normalized spacial score (nSPS) is 19.5. The fourth-order valence-corrected chi connectivity index (χ4v) is 6.21. The number of nitriles is 1. The Kier molecular flexibility index (Phi) is 7.63. The summed E-state index contributed by atoms with van der Waals surface area (Å²) in [5.74, 6) is 0.102. The van der Waals surface area contributed by atoms with Crippen molar-refractivity contribution in [3.63, 3.8) is 0 Å². The lowest BCUT2D eigenvalue weighted by molar-refractivity contribution is -0.138. The molecular weight excluding hydrogens is 450 g/mol. The van der Waals surface area contributed by atoms with Gasteiger partial charge in [0.25, 0.3) is 0 Å². The van der Waals surface area contributed by atoms with E-state index >= 15 is 0 Å². The summed E-state index contributed by atoms with van der Waals surface area (Å²) in [5, 5.41) is 9.28. The minimum absolute atomic E-state index is 0.0449. The van der Waals surface area contributed by atoms with Crippen molar-refractivity contribution in [2.45, 2.75) is 24.4 Å². The molecule has 2 saturated heterocycles. The van der Waals surface area contributed by atoms with E-state index < -0.39 is 10.0 Å². The minimum atomic E-state index is -3.74. The first-order chi connectivity index (χ1) is 16.4. The fourth-order valence-electron chi connectivity index (χ4n) is 4.64. The van der Waals surface area contributed by atoms with Gasteiger partial charge < -0.3 is 4.90 Å². The zero-order valence-corrected chi connectivity index (χ0v) is 20.3. The van der Waals surface area contributed by atoms with Crippen molar-refractivity contribution in [3.8, 4) is 6.07 Å². The molecule has 2 aliphatic rings. The van der Waals surface area contributed by atoms with Crippen molar-refractivity contribution in [1.29, 1.82) is 5.26 Å². The molecule has 0 aliphatic carbocycles. The van der Waals surface area contributed by atoms with Gasteiger partial charge in [0.1, 0.15) is 6.07 Å². The van der Waals surface area contributed by atoms with Crippen molar-refractivity contribution in [2.75, 3.05) is 52.4 Å². The topological polar surface area (TPSA) is 88.0 Å². The van der Waals surface area contributed by atoms with Crippen molar-refractivity contribution in [1.82, 2.24) is 19.0 Å². The number of nitrogens with zero attached hydrogens (tertiary/aromatic N) is 5. The van der Waals surface area contributed by atoms with Gasteiger partial charge in [0, 0.05) is 58.9 Å². The highest BCUT2D eigenvalue weighted by molar-refractivity contribution is 7.89. The molecule has 0 spiro atoms. The number of hydrogen-bond donors (Lipinski definition) is 0. The van der Waals surface area contributed by atoms with Crippen molar-refractivity contribution in [2.24, 2.45) is 0 Å². The van der Waals surface area contributed by atoms with E-state index in [1.165, 1.54) is 22.0 Å². The molecule has 9 heteroatoms. The average Bonchev–Trinajstić information content (AvgIpc) is 2.89. The fraction of sp³-hybridized carbons (Fsp3) is 0.440. The van der Waals surface area contributed by atoms with Crippen LogP contribution in [-0.4, -0.2) is 91.7 Å². The first kappa shape index (κ1) is 24.4. The van der Waals surface area contributed by atoms with Crippen LogP contribution >= 0.6 is 0 Å². The van der Waals surface area contributed by atoms with Gasteiger partial charge in [-0.1, -0.05) is 42.5 Å². The molecule has 0 N–H and O–H groups in total. The molecule has 0 unspecified atom stereocenters. The molecule has 4 rings (SSSR count). The van der Waals surface area contributed by atoms with Crippen LogP contribution in [-0.2, 0) is 21.4 Å². The van der Waals surface area contributed by atoms with Gasteiger partial charge >= 0.3 is 0 Å². The van der Waals surface area contributed by atoms with Crippen LogP contribution in [0.25, 0.3) is 0 Å². The molecule has 34 heavy (non-hydrogen) atoms. The maximum atomic E-state index is 13.1. The van der Waals surface area contributed by atoms with Gasteiger partial charge in [0.05, 0.1) is 16.5 Å². The van der Waals surface area contributed by atoms with Gasteiger partial charge in [-0.05, 0) is 24.6 Å². The lowest BCUT2D eigenvalue weighted by Crippen LogP contribution is -2.57. The first-order valence-corrected chi connectivity index (χ1v) is 13.1. The third-order valence-corrected chi connectivity index (χ3v) is 8.69. The molecule has 0 bridgehead atoms. The molecule has 2 aliphatic heterocycles. The predicted molar refractivity (Wildman–Crippen MR) is 129 cm³/mol. The summed E-state index contributed by atoms with van der Waals surface area (Å²) in [4.78, 5) is 19.5. The van der Waals surface area contributed by atoms with Crippen LogP contribution in [0.4, 0.5) is 0 Å². The molecule has 2 heterocycles. The standard InChI is InChI=1S/C25H31N5O3S/c1-21(25(31)29-13-11-27(12-14-29)20-22-7-3-2-4-8-22)28-15-17-30(18-16-28)34(32,33)24-10-6-5-9-23(24)19-26/h2-10,21H,11-18,20H2,1H3/t21-/m1/s1. The van der Waals surface area contributed by atoms with Gasteiger partial charge in [0.15, 0.2) is 0 Å². The molecule has 0 aromatic heterocycles. The summed E-state index contributed by atoms with van der Waals surface area (Å²) >= 11 is 0. The summed E-state index contributed by atoms with van der Waals surface area (Å²) in [6, 6.07) is 18.3. The lowest BCUT2D eigenvalue weighted by atomic mass is 10.1. The quantitative estimate of drug-likeness (QED) is 0.623. The zero-order valence-electron chi connectivity index (χ0n) is 19.5. The molecule has 180 valence electrons. The predicted octanol–water partition coefficient (Wildman–Crippen LogP) is 1.60. The zero-order chi connectivity index (χ0) is 24.1. The Morgan fingerprint density at radius 3 is 2.18 bits per heavy atom. The second kappa shape index (κ2) is 10.7. The number of hydrogen-bond acceptors (Lipinski definition) is 6. The first-order valence-electron chi connectivity index (χ1n) is 11.7. The van der Waals surface area contributed by atoms with Gasteiger partial charge in [-0.2, -0.15) is 9.57 Å². The summed E-state index contributed by atoms with van der Waals surface area (Å²) in [6.07, 6.45) is 0. The third-order valence-electron chi connectivity index (χ3n) is 6.74. The van der Waals surface area contributed by atoms with Crippen molar-refractivity contribution < 1.29 is 13.2 Å². The van der Waals surface area contributed by atoms with Gasteiger partial charge in [0.2, 0.25) is 15.9 Å². The Morgan fingerprint density at radius 1 is 0.912 bits per heavy atom. The maximum Gasteiger partial charge on any atom is 0.244 e. The SMILES string of the molecule is C[C@H](C(=O)N1CCN(Cc2ccccc2)CC1)N1CCN(S(=O)(=O)c2ccccc2C#N)CC1. The van der Waals surface area contributed by atoms with Crippen LogP contribution in [0.5, 0.6) is 0 Å². The van der Waals surface area contributed by atoms with Crippen molar-refractivity contribution in [3.05, 3.63) is 65.7 Å². The molecule has 2 aromatic carbocycles. The van der Waals surface area contributed by atoms with E-state index in [-0.39, 0.29) is 22.4 Å². The van der Waals surface area contributed by atoms with E-state index in [1.807, 2.05) is 36.1 Å². The molecule has 2 fully saturated rings. The number of sulfonamides is 1. The van der Waals surface area contributed by atoms with Crippen LogP contribution in [0.1, 0.15) is 18.1 Å². The third kappa shape index (κ3) is 5.31. The Balaban J connectivity index is 1.29. The van der Waals surface area contributed by atoms with Crippen LogP contribution in [0, 0.1) is 11.3 Å². The summed E-state index contributed by atoms with van der Waals surface area (Å²) in [6.45, 7) is 7.45. The highest BCUT2D eigenvalue weighted by Crippen LogP contribution is 2.22. The Morgan fingerprint density at radius 2 is 1.53 bits per heavy atom.